The van der Waals surface area contributed by atoms with Crippen molar-refractivity contribution in [2.24, 2.45) is 5.92 Å². The number of rotatable bonds is 6. The minimum Gasteiger partial charge on any atom is -0.481 e. The van der Waals surface area contributed by atoms with Gasteiger partial charge in [-0.25, -0.2) is 0 Å². The number of carboxylic acid groups (broad SMARTS) is 1. The predicted molar refractivity (Wildman–Crippen MR) is 64.1 cm³/mol. The van der Waals surface area contributed by atoms with Gasteiger partial charge in [-0.2, -0.15) is 0 Å². The molecule has 0 saturated heterocycles. The Kier molecular flexibility index (Phi) is 4.88. The molecule has 0 aliphatic heterocycles. The monoisotopic (exact) mass is 254 g/mol. The number of carbonyl (C=O) groups is 2. The number of hydrogen-bond acceptors (Lipinski definition) is 4. The van der Waals surface area contributed by atoms with E-state index in [2.05, 4.69) is 10.5 Å². The molecule has 6 nitrogen and oxygen atoms in total. The first-order chi connectivity index (χ1) is 8.40. The zero-order valence-electron chi connectivity index (χ0n) is 10.8. The van der Waals surface area contributed by atoms with Crippen molar-refractivity contribution in [3.05, 3.63) is 17.0 Å². The van der Waals surface area contributed by atoms with Crippen molar-refractivity contribution < 1.29 is 19.2 Å². The van der Waals surface area contributed by atoms with E-state index in [1.807, 2.05) is 0 Å². The molecule has 1 heterocycles. The molecule has 6 heteroatoms. The predicted octanol–water partition coefficient (Wildman–Crippen LogP) is 1.06. The fourth-order valence-corrected chi connectivity index (χ4v) is 1.64. The van der Waals surface area contributed by atoms with E-state index in [1.165, 1.54) is 0 Å². The highest BCUT2D eigenvalue weighted by Crippen LogP contribution is 2.12. The van der Waals surface area contributed by atoms with Crippen LogP contribution in [0.15, 0.2) is 4.52 Å². The molecule has 1 amide bonds. The summed E-state index contributed by atoms with van der Waals surface area (Å²) in [6.45, 7) is 5.68. The second-order valence-electron chi connectivity index (χ2n) is 4.49. The van der Waals surface area contributed by atoms with E-state index >= 15 is 0 Å². The first kappa shape index (κ1) is 14.2. The number of amides is 1. The zero-order valence-corrected chi connectivity index (χ0v) is 10.8. The van der Waals surface area contributed by atoms with Crippen LogP contribution in [0.25, 0.3) is 0 Å². The average Bonchev–Trinajstić information content (AvgIpc) is 2.57. The maximum Gasteiger partial charge on any atom is 0.303 e. The van der Waals surface area contributed by atoms with Crippen molar-refractivity contribution in [1.29, 1.82) is 0 Å². The fraction of sp³-hybridized carbons (Fsp3) is 0.583. The molecule has 18 heavy (non-hydrogen) atoms. The minimum atomic E-state index is -0.859. The van der Waals surface area contributed by atoms with E-state index in [9.17, 15) is 9.59 Å². The van der Waals surface area contributed by atoms with Crippen LogP contribution in [0.4, 0.5) is 0 Å². The lowest BCUT2D eigenvalue weighted by atomic mass is 10.1. The molecule has 0 aliphatic rings. The average molecular weight is 254 g/mol. The Bertz CT molecular complexity index is 420. The summed E-state index contributed by atoms with van der Waals surface area (Å²) in [6, 6.07) is 0. The first-order valence-corrected chi connectivity index (χ1v) is 5.80. The molecule has 1 aromatic heterocycles. The lowest BCUT2D eigenvalue weighted by Gasteiger charge is -2.10. The second kappa shape index (κ2) is 6.18. The number of aromatic nitrogens is 1. The lowest BCUT2D eigenvalue weighted by molar-refractivity contribution is -0.138. The maximum absolute atomic E-state index is 11.7. The van der Waals surface area contributed by atoms with Crippen molar-refractivity contribution in [3.8, 4) is 0 Å². The molecular formula is C12H18N2O4. The standard InChI is InChI=1S/C12H18N2O4/c1-7(4-12(16)17)6-13-11(15)5-10-8(2)14-18-9(10)3/h7H,4-6H2,1-3H3,(H,13,15)(H,16,17). The van der Waals surface area contributed by atoms with Gasteiger partial charge in [-0.05, 0) is 19.8 Å². The molecular weight excluding hydrogens is 236 g/mol. The van der Waals surface area contributed by atoms with Gasteiger partial charge >= 0.3 is 5.97 Å². The molecule has 0 saturated carbocycles. The fourth-order valence-electron chi connectivity index (χ4n) is 1.64. The molecule has 0 aromatic carbocycles. The van der Waals surface area contributed by atoms with Gasteiger partial charge in [-0.3, -0.25) is 9.59 Å². The largest absolute Gasteiger partial charge is 0.481 e. The Morgan fingerprint density at radius 3 is 2.61 bits per heavy atom. The van der Waals surface area contributed by atoms with Gasteiger partial charge < -0.3 is 14.9 Å². The van der Waals surface area contributed by atoms with Crippen molar-refractivity contribution in [1.82, 2.24) is 10.5 Å². The number of aliphatic carboxylic acids is 1. The van der Waals surface area contributed by atoms with Crippen LogP contribution in [0.3, 0.4) is 0 Å². The number of nitrogens with one attached hydrogen (secondary N) is 1. The van der Waals surface area contributed by atoms with Crippen LogP contribution in [0.1, 0.15) is 30.4 Å². The summed E-state index contributed by atoms with van der Waals surface area (Å²) in [7, 11) is 0. The molecule has 0 aliphatic carbocycles. The molecule has 1 unspecified atom stereocenters. The SMILES string of the molecule is Cc1noc(C)c1CC(=O)NCC(C)CC(=O)O. The Hall–Kier alpha value is -1.85. The van der Waals surface area contributed by atoms with E-state index < -0.39 is 5.97 Å². The topological polar surface area (TPSA) is 92.4 Å². The molecule has 1 rings (SSSR count). The number of aryl methyl sites for hydroxylation is 2. The van der Waals surface area contributed by atoms with E-state index in [0.29, 0.717) is 18.0 Å². The summed E-state index contributed by atoms with van der Waals surface area (Å²) in [5.74, 6) is -0.457. The van der Waals surface area contributed by atoms with Gasteiger partial charge in [0.2, 0.25) is 5.91 Å². The summed E-state index contributed by atoms with van der Waals surface area (Å²) < 4.78 is 4.97. The number of nitrogens with zero attached hydrogens (tertiary/aromatic N) is 1. The third kappa shape index (κ3) is 4.20. The van der Waals surface area contributed by atoms with Gasteiger partial charge in [0, 0.05) is 18.5 Å². The Morgan fingerprint density at radius 1 is 1.44 bits per heavy atom. The third-order valence-corrected chi connectivity index (χ3v) is 2.69. The molecule has 100 valence electrons. The van der Waals surface area contributed by atoms with Gasteiger partial charge in [0.15, 0.2) is 0 Å². The zero-order chi connectivity index (χ0) is 13.7. The summed E-state index contributed by atoms with van der Waals surface area (Å²) in [4.78, 5) is 22.1. The van der Waals surface area contributed by atoms with Crippen molar-refractivity contribution in [2.75, 3.05) is 6.54 Å². The van der Waals surface area contributed by atoms with Gasteiger partial charge in [0.1, 0.15) is 5.76 Å². The van der Waals surface area contributed by atoms with Crippen molar-refractivity contribution in [2.45, 2.75) is 33.6 Å². The smallest absolute Gasteiger partial charge is 0.303 e. The van der Waals surface area contributed by atoms with Gasteiger partial charge in [0.25, 0.3) is 0 Å². The highest BCUT2D eigenvalue weighted by atomic mass is 16.5. The highest BCUT2D eigenvalue weighted by molar-refractivity contribution is 5.79. The number of carboxylic acids is 1. The van der Waals surface area contributed by atoms with Crippen LogP contribution in [0, 0.1) is 19.8 Å². The normalized spacial score (nSPS) is 12.2. The van der Waals surface area contributed by atoms with Crippen molar-refractivity contribution >= 4 is 11.9 Å². The molecule has 0 fully saturated rings. The van der Waals surface area contributed by atoms with Gasteiger partial charge in [-0.15, -0.1) is 0 Å². The van der Waals surface area contributed by atoms with E-state index in [1.54, 1.807) is 20.8 Å². The number of carbonyl (C=O) groups excluding carboxylic acids is 1. The van der Waals surface area contributed by atoms with Crippen LogP contribution in [-0.4, -0.2) is 28.7 Å². The van der Waals surface area contributed by atoms with Crippen LogP contribution < -0.4 is 5.32 Å². The summed E-state index contributed by atoms with van der Waals surface area (Å²) in [5.41, 5.74) is 1.50. The van der Waals surface area contributed by atoms with Crippen LogP contribution in [0.2, 0.25) is 0 Å². The van der Waals surface area contributed by atoms with Gasteiger partial charge in [0.05, 0.1) is 12.1 Å². The molecule has 1 aromatic rings. The maximum atomic E-state index is 11.7. The molecule has 1 atom stereocenters. The van der Waals surface area contributed by atoms with Crippen LogP contribution in [-0.2, 0) is 16.0 Å². The lowest BCUT2D eigenvalue weighted by Crippen LogP contribution is -2.30. The van der Waals surface area contributed by atoms with Gasteiger partial charge in [-0.1, -0.05) is 12.1 Å². The quantitative estimate of drug-likeness (QED) is 0.791. The second-order valence-corrected chi connectivity index (χ2v) is 4.49. The molecule has 0 spiro atoms. The van der Waals surface area contributed by atoms with E-state index in [-0.39, 0.29) is 24.7 Å². The number of hydrogen-bond donors (Lipinski definition) is 2. The summed E-state index contributed by atoms with van der Waals surface area (Å²) in [6.07, 6.45) is 0.257. The van der Waals surface area contributed by atoms with Crippen LogP contribution >= 0.6 is 0 Å². The van der Waals surface area contributed by atoms with Crippen molar-refractivity contribution in [3.63, 3.8) is 0 Å². The summed E-state index contributed by atoms with van der Waals surface area (Å²) in [5, 5.41) is 15.1. The Labute approximate surface area is 105 Å². The summed E-state index contributed by atoms with van der Waals surface area (Å²) >= 11 is 0. The Balaban J connectivity index is 2.41. The van der Waals surface area contributed by atoms with E-state index in [4.69, 9.17) is 9.63 Å². The highest BCUT2D eigenvalue weighted by Gasteiger charge is 2.14. The Morgan fingerprint density at radius 2 is 2.11 bits per heavy atom. The van der Waals surface area contributed by atoms with Crippen LogP contribution in [0.5, 0.6) is 0 Å². The minimum absolute atomic E-state index is 0.0472. The molecule has 0 radical (unpaired) electrons. The third-order valence-electron chi connectivity index (χ3n) is 2.69. The van der Waals surface area contributed by atoms with E-state index in [0.717, 1.165) is 5.56 Å². The first-order valence-electron chi connectivity index (χ1n) is 5.80. The molecule has 2 N–H and O–H groups in total. The molecule has 0 bridgehead atoms.